The number of sulfonamides is 1. The maximum Gasteiger partial charge on any atom is 0.262 e. The van der Waals surface area contributed by atoms with Gasteiger partial charge in [-0.15, -0.1) is 0 Å². The first kappa shape index (κ1) is 26.0. The zero-order chi connectivity index (χ0) is 26.4. The molecule has 0 fully saturated rings. The molecule has 37 heavy (non-hydrogen) atoms. The van der Waals surface area contributed by atoms with Gasteiger partial charge in [0.25, 0.3) is 15.9 Å². The summed E-state index contributed by atoms with van der Waals surface area (Å²) in [6.07, 6.45) is 1.73. The Morgan fingerprint density at radius 3 is 2.24 bits per heavy atom. The van der Waals surface area contributed by atoms with Gasteiger partial charge in [0.1, 0.15) is 5.75 Å². The molecule has 1 amide bonds. The Labute approximate surface area is 221 Å². The largest absolute Gasteiger partial charge is 0.495 e. The van der Waals surface area contributed by atoms with E-state index in [1.807, 2.05) is 61.5 Å². The summed E-state index contributed by atoms with van der Waals surface area (Å²) in [4.78, 5) is 13.3. The maximum atomic E-state index is 13.3. The second kappa shape index (κ2) is 11.3. The van der Waals surface area contributed by atoms with Crippen molar-refractivity contribution in [3.63, 3.8) is 0 Å². The smallest absolute Gasteiger partial charge is 0.262 e. The molecule has 0 radical (unpaired) electrons. The molecule has 4 aromatic rings. The van der Waals surface area contributed by atoms with E-state index in [4.69, 9.17) is 16.3 Å². The third kappa shape index (κ3) is 6.39. The van der Waals surface area contributed by atoms with Crippen LogP contribution in [0.4, 0.5) is 11.4 Å². The van der Waals surface area contributed by atoms with E-state index in [9.17, 15) is 13.2 Å². The summed E-state index contributed by atoms with van der Waals surface area (Å²) < 4.78 is 33.8. The number of methoxy groups -OCH3 is 1. The number of amides is 1. The molecule has 0 saturated heterocycles. The number of nitrogens with one attached hydrogen (secondary N) is 2. The van der Waals surface area contributed by atoms with Crippen molar-refractivity contribution in [3.05, 3.63) is 119 Å². The Bertz CT molecular complexity index is 1550. The maximum absolute atomic E-state index is 13.3. The van der Waals surface area contributed by atoms with Gasteiger partial charge in [0, 0.05) is 16.3 Å². The van der Waals surface area contributed by atoms with E-state index in [0.29, 0.717) is 33.3 Å². The fourth-order valence-corrected chi connectivity index (χ4v) is 4.92. The molecule has 0 aromatic heterocycles. The van der Waals surface area contributed by atoms with Crippen LogP contribution in [-0.2, 0) is 14.8 Å². The van der Waals surface area contributed by atoms with Gasteiger partial charge in [0.05, 0.1) is 17.7 Å². The number of halogens is 1. The van der Waals surface area contributed by atoms with Crippen LogP contribution in [0.1, 0.15) is 16.7 Å². The molecule has 0 aliphatic heterocycles. The number of ether oxygens (including phenoxy) is 1. The Balaban J connectivity index is 1.57. The fourth-order valence-electron chi connectivity index (χ4n) is 3.67. The monoisotopic (exact) mass is 532 g/mol. The van der Waals surface area contributed by atoms with Gasteiger partial charge in [-0.05, 0) is 72.2 Å². The van der Waals surface area contributed by atoms with Gasteiger partial charge < -0.3 is 10.1 Å². The van der Waals surface area contributed by atoms with Crippen LogP contribution < -0.4 is 14.8 Å². The first-order valence-corrected chi connectivity index (χ1v) is 13.2. The van der Waals surface area contributed by atoms with Crippen molar-refractivity contribution >= 4 is 50.6 Å². The topological polar surface area (TPSA) is 84.5 Å². The molecule has 6 nitrogen and oxygen atoms in total. The molecule has 0 unspecified atom stereocenters. The molecule has 2 N–H and O–H groups in total. The Kier molecular flexibility index (Phi) is 7.96. The number of hydrogen-bond acceptors (Lipinski definition) is 4. The summed E-state index contributed by atoms with van der Waals surface area (Å²) in [5, 5.41) is 3.37. The van der Waals surface area contributed by atoms with E-state index in [2.05, 4.69) is 10.0 Å². The van der Waals surface area contributed by atoms with E-state index < -0.39 is 10.0 Å². The van der Waals surface area contributed by atoms with Crippen LogP contribution in [0.25, 0.3) is 11.6 Å². The van der Waals surface area contributed by atoms with Crippen molar-refractivity contribution in [1.29, 1.82) is 0 Å². The van der Waals surface area contributed by atoms with Crippen molar-refractivity contribution in [2.75, 3.05) is 17.1 Å². The van der Waals surface area contributed by atoms with Gasteiger partial charge in [0.2, 0.25) is 0 Å². The number of hydrogen-bond donors (Lipinski definition) is 2. The van der Waals surface area contributed by atoms with Gasteiger partial charge in [0.15, 0.2) is 0 Å². The highest BCUT2D eigenvalue weighted by Gasteiger charge is 2.18. The molecule has 0 saturated carbocycles. The number of carbonyl (C=O) groups excluding carboxylic acids is 1. The van der Waals surface area contributed by atoms with Crippen LogP contribution in [0.5, 0.6) is 5.75 Å². The Morgan fingerprint density at radius 2 is 1.57 bits per heavy atom. The fraction of sp³-hybridized carbons (Fsp3) is 0.0690. The summed E-state index contributed by atoms with van der Waals surface area (Å²) in [6.45, 7) is 1.86. The summed E-state index contributed by atoms with van der Waals surface area (Å²) in [5.74, 6) is 0.0566. The standard InChI is InChI=1S/C29H25ClN2O4S/c1-20-12-17-28(36-2)27(18-20)32-37(34,35)24-15-13-23(14-16-24)31-29(33)25(21-8-4-3-5-9-21)19-22-10-6-7-11-26(22)30/h3-19,32H,1-2H3,(H,31,33)/b25-19+. The average Bonchev–Trinajstić information content (AvgIpc) is 2.89. The van der Waals surface area contributed by atoms with Crippen molar-refractivity contribution < 1.29 is 17.9 Å². The number of anilines is 2. The van der Waals surface area contributed by atoms with E-state index in [0.717, 1.165) is 11.1 Å². The third-order valence-corrected chi connectivity index (χ3v) is 7.28. The highest BCUT2D eigenvalue weighted by Crippen LogP contribution is 2.29. The number of aryl methyl sites for hydroxylation is 1. The summed E-state index contributed by atoms with van der Waals surface area (Å²) in [5.41, 5.74) is 3.51. The van der Waals surface area contributed by atoms with Gasteiger partial charge in [-0.25, -0.2) is 8.42 Å². The lowest BCUT2D eigenvalue weighted by Crippen LogP contribution is -2.15. The van der Waals surface area contributed by atoms with Crippen molar-refractivity contribution in [2.24, 2.45) is 0 Å². The zero-order valence-electron chi connectivity index (χ0n) is 20.2. The van der Waals surface area contributed by atoms with Crippen LogP contribution >= 0.6 is 11.6 Å². The van der Waals surface area contributed by atoms with E-state index in [1.165, 1.54) is 31.4 Å². The van der Waals surface area contributed by atoms with Crippen LogP contribution in [0.15, 0.2) is 102 Å². The molecular weight excluding hydrogens is 508 g/mol. The minimum Gasteiger partial charge on any atom is -0.495 e. The lowest BCUT2D eigenvalue weighted by atomic mass is 10.0. The molecule has 0 aliphatic carbocycles. The SMILES string of the molecule is COc1ccc(C)cc1NS(=O)(=O)c1ccc(NC(=O)/C(=C/c2ccccc2Cl)c2ccccc2)cc1. The van der Waals surface area contributed by atoms with E-state index in [1.54, 1.807) is 24.3 Å². The first-order valence-electron chi connectivity index (χ1n) is 11.4. The second-order valence-electron chi connectivity index (χ2n) is 8.23. The molecule has 0 aliphatic rings. The van der Waals surface area contributed by atoms with E-state index in [-0.39, 0.29) is 10.8 Å². The van der Waals surface area contributed by atoms with Crippen LogP contribution in [0.2, 0.25) is 5.02 Å². The molecule has 8 heteroatoms. The van der Waals surface area contributed by atoms with Gasteiger partial charge >= 0.3 is 0 Å². The lowest BCUT2D eigenvalue weighted by Gasteiger charge is -2.13. The Morgan fingerprint density at radius 1 is 0.892 bits per heavy atom. The molecule has 0 atom stereocenters. The zero-order valence-corrected chi connectivity index (χ0v) is 21.8. The predicted octanol–water partition coefficient (Wildman–Crippen LogP) is 6.64. The normalized spacial score (nSPS) is 11.6. The summed E-state index contributed by atoms with van der Waals surface area (Å²) >= 11 is 6.32. The van der Waals surface area contributed by atoms with Crippen molar-refractivity contribution in [1.82, 2.24) is 0 Å². The molecule has 188 valence electrons. The number of rotatable bonds is 8. The number of carbonyl (C=O) groups is 1. The molecule has 4 aromatic carbocycles. The van der Waals surface area contributed by atoms with Gasteiger partial charge in [-0.1, -0.05) is 66.2 Å². The van der Waals surface area contributed by atoms with Crippen molar-refractivity contribution in [2.45, 2.75) is 11.8 Å². The summed E-state index contributed by atoms with van der Waals surface area (Å²) in [7, 11) is -2.41. The molecule has 0 heterocycles. The predicted molar refractivity (Wildman–Crippen MR) is 149 cm³/mol. The minimum atomic E-state index is -3.88. The average molecular weight is 533 g/mol. The van der Waals surface area contributed by atoms with Gasteiger partial charge in [-0.2, -0.15) is 0 Å². The van der Waals surface area contributed by atoms with Crippen molar-refractivity contribution in [3.8, 4) is 5.75 Å². The van der Waals surface area contributed by atoms with E-state index >= 15 is 0 Å². The molecule has 0 spiro atoms. The number of benzene rings is 4. The first-order chi connectivity index (χ1) is 17.8. The third-order valence-electron chi connectivity index (χ3n) is 5.56. The molecular formula is C29H25ClN2O4S. The van der Waals surface area contributed by atoms with Gasteiger partial charge in [-0.3, -0.25) is 9.52 Å². The molecule has 4 rings (SSSR count). The van der Waals surface area contributed by atoms with Crippen LogP contribution in [0, 0.1) is 6.92 Å². The minimum absolute atomic E-state index is 0.0453. The Hall–Kier alpha value is -4.07. The van der Waals surface area contributed by atoms with Crippen LogP contribution in [0.3, 0.4) is 0 Å². The summed E-state index contributed by atoms with van der Waals surface area (Å²) in [6, 6.07) is 27.7. The second-order valence-corrected chi connectivity index (χ2v) is 10.3. The highest BCUT2D eigenvalue weighted by molar-refractivity contribution is 7.92. The van der Waals surface area contributed by atoms with Crippen LogP contribution in [-0.4, -0.2) is 21.4 Å². The quantitative estimate of drug-likeness (QED) is 0.197. The lowest BCUT2D eigenvalue weighted by molar-refractivity contribution is -0.111. The highest BCUT2D eigenvalue weighted by atomic mass is 35.5. The molecule has 0 bridgehead atoms.